The van der Waals surface area contributed by atoms with Gasteiger partial charge in [-0.3, -0.25) is 29.2 Å². The van der Waals surface area contributed by atoms with Gasteiger partial charge in [0.25, 0.3) is 11.8 Å². The minimum Gasteiger partial charge on any atom is -0.406 e. The van der Waals surface area contributed by atoms with Crippen molar-refractivity contribution in [3.8, 4) is 11.5 Å². The van der Waals surface area contributed by atoms with E-state index >= 15 is 0 Å². The molecule has 0 bridgehead atoms. The van der Waals surface area contributed by atoms with Crippen LogP contribution in [0.3, 0.4) is 0 Å². The van der Waals surface area contributed by atoms with Gasteiger partial charge in [-0.25, -0.2) is 16.8 Å². The number of hydrogen-bond donors (Lipinski definition) is 3. The number of sulfonamides is 2. The molecule has 4 amide bonds. The number of hydrogen-bond acceptors (Lipinski definition) is 13. The smallest absolute Gasteiger partial charge is 0.406 e. The third-order valence-corrected chi connectivity index (χ3v) is 17.6. The quantitative estimate of drug-likeness (QED) is 0.0862. The van der Waals surface area contributed by atoms with E-state index < -0.39 is 67.2 Å². The van der Waals surface area contributed by atoms with E-state index in [0.29, 0.717) is 22.5 Å². The molecule has 0 aromatic heterocycles. The number of nitrogens with two attached hydrogens (primary N) is 1. The number of anilines is 2. The molecule has 0 atom stereocenters. The van der Waals surface area contributed by atoms with Crippen LogP contribution in [0.4, 0.5) is 37.7 Å². The van der Waals surface area contributed by atoms with Crippen molar-refractivity contribution >= 4 is 90.5 Å². The Morgan fingerprint density at radius 1 is 0.634 bits per heavy atom. The number of carbonyl (C=O) groups is 4. The van der Waals surface area contributed by atoms with Gasteiger partial charge in [-0.1, -0.05) is 24.3 Å². The van der Waals surface area contributed by atoms with Crippen LogP contribution in [0.2, 0.25) is 0 Å². The molecule has 4 aromatic carbocycles. The second-order valence-electron chi connectivity index (χ2n) is 19.8. The Morgan fingerprint density at radius 2 is 0.976 bits per heavy atom. The molecular formula is C54H58ClF6N9O10S2. The fraction of sp³-hybridized carbons (Fsp3) is 0.370. The summed E-state index contributed by atoms with van der Waals surface area (Å²) in [5.74, 6) is -2.25. The van der Waals surface area contributed by atoms with Crippen molar-refractivity contribution in [1.82, 2.24) is 19.2 Å². The number of carbonyl (C=O) groups excluding carboxylic acids is 4. The second kappa shape index (κ2) is 24.3. The molecule has 82 heavy (non-hydrogen) atoms. The highest BCUT2D eigenvalue weighted by Gasteiger charge is 2.49. The minimum atomic E-state index is -4.87. The summed E-state index contributed by atoms with van der Waals surface area (Å²) in [6, 6.07) is 17.3. The summed E-state index contributed by atoms with van der Waals surface area (Å²) in [7, 11) is -4.46. The SMILES string of the molecule is Cc1cc(N(C)C(=O)CCl)cc(C)c1/C=C/S(=O)(=O)N1CCC2(CC1)N=C(c1cccc(OC(F)(F)F)c1)NC2=O.Cc1cc(N(C)C(=O)CN)cc(C)c1/C=C/S(=O)(=O)N1CCC2(CC1)N=C(c1cccc(OC(F)(F)F)c1)NC2=O. The highest BCUT2D eigenvalue weighted by Crippen LogP contribution is 2.36. The number of nitrogens with one attached hydrogen (secondary N) is 2. The van der Waals surface area contributed by atoms with Gasteiger partial charge in [0.05, 0.1) is 6.54 Å². The van der Waals surface area contributed by atoms with E-state index in [1.54, 1.807) is 38.4 Å². The molecule has 19 nitrogen and oxygen atoms in total. The van der Waals surface area contributed by atoms with Crippen LogP contribution < -0.4 is 35.6 Å². The van der Waals surface area contributed by atoms with Gasteiger partial charge in [0.1, 0.15) is 40.1 Å². The van der Waals surface area contributed by atoms with Gasteiger partial charge < -0.3 is 35.6 Å². The number of halogens is 7. The van der Waals surface area contributed by atoms with Crippen molar-refractivity contribution in [3.63, 3.8) is 0 Å². The van der Waals surface area contributed by atoms with Crippen LogP contribution in [0.25, 0.3) is 12.2 Å². The maximum Gasteiger partial charge on any atom is 0.573 e. The van der Waals surface area contributed by atoms with Crippen LogP contribution >= 0.6 is 11.6 Å². The number of ether oxygens (including phenoxy) is 2. The number of amidine groups is 2. The lowest BCUT2D eigenvalue weighted by Crippen LogP contribution is -2.50. The van der Waals surface area contributed by atoms with E-state index in [4.69, 9.17) is 17.3 Å². The number of likely N-dealkylation sites (N-methyl/N-ethyl adjacent to an activating group) is 1. The summed E-state index contributed by atoms with van der Waals surface area (Å²) in [5, 5.41) is 7.46. The first-order valence-electron chi connectivity index (χ1n) is 25.2. The van der Waals surface area contributed by atoms with Crippen molar-refractivity contribution in [3.05, 3.63) is 128 Å². The van der Waals surface area contributed by atoms with Gasteiger partial charge >= 0.3 is 12.7 Å². The Balaban J connectivity index is 0.000000236. The number of piperidine rings is 2. The van der Waals surface area contributed by atoms with Gasteiger partial charge in [-0.05, 0) is 147 Å². The fourth-order valence-electron chi connectivity index (χ4n) is 9.70. The Hall–Kier alpha value is -7.17. The molecule has 0 radical (unpaired) electrons. The van der Waals surface area contributed by atoms with Crippen LogP contribution in [0.15, 0.2) is 93.6 Å². The van der Waals surface area contributed by atoms with Crippen molar-refractivity contribution in [1.29, 1.82) is 0 Å². The standard InChI is InChI=1S/C27H28ClF3N4O5S.C27H30F3N5O5S/c1-17-13-20(34(3)23(36)16-28)14-18(2)22(17)7-12-41(38,39)35-10-8-26(9-11-35)25(37)32-24(33-26)19-5-4-6-21(15-19)40-27(29,30)31;1-17-13-20(34(3)23(36)16-31)14-18(2)22(17)7-12-41(38,39)35-10-8-26(9-11-35)25(37)32-24(33-26)19-5-4-6-21(15-19)40-27(28,29)30/h4-7,12-15H,8-11,16H2,1-3H3,(H,32,33,37);4-7,12-15H,8-11,16,31H2,1-3H3,(H,32,33,37)/b2*12-7+. The van der Waals surface area contributed by atoms with Crippen molar-refractivity contribution in [2.24, 2.45) is 15.7 Å². The molecule has 4 aliphatic rings. The monoisotopic (exact) mass is 1210 g/mol. The van der Waals surface area contributed by atoms with Crippen LogP contribution in [-0.4, -0.2) is 137 Å². The van der Waals surface area contributed by atoms with Crippen LogP contribution in [-0.2, 0) is 39.2 Å². The molecule has 4 aliphatic heterocycles. The number of alkyl halides is 7. The lowest BCUT2D eigenvalue weighted by molar-refractivity contribution is -0.275. The van der Waals surface area contributed by atoms with Gasteiger partial charge in [0.15, 0.2) is 0 Å². The molecule has 2 fully saturated rings. The summed E-state index contributed by atoms with van der Waals surface area (Å²) in [4.78, 5) is 61.5. The molecule has 2 spiro atoms. The number of aryl methyl sites for hydroxylation is 4. The average Bonchev–Trinajstić information content (AvgIpc) is 4.11. The van der Waals surface area contributed by atoms with Crippen molar-refractivity contribution in [2.75, 3.05) is 62.5 Å². The zero-order valence-corrected chi connectivity index (χ0v) is 47.5. The van der Waals surface area contributed by atoms with Crippen LogP contribution in [0.1, 0.15) is 70.2 Å². The summed E-state index contributed by atoms with van der Waals surface area (Å²) in [6.07, 6.45) is -6.32. The molecule has 0 saturated carbocycles. The highest BCUT2D eigenvalue weighted by atomic mass is 35.5. The van der Waals surface area contributed by atoms with Crippen LogP contribution in [0.5, 0.6) is 11.5 Å². The lowest BCUT2D eigenvalue weighted by atomic mass is 9.89. The molecule has 0 aliphatic carbocycles. The topological polar surface area (TPSA) is 243 Å². The lowest BCUT2D eigenvalue weighted by Gasteiger charge is -2.34. The number of benzene rings is 4. The molecule has 0 unspecified atom stereocenters. The van der Waals surface area contributed by atoms with E-state index in [2.05, 4.69) is 30.1 Å². The molecule has 4 heterocycles. The summed E-state index contributed by atoms with van der Waals surface area (Å²) >= 11 is 5.65. The minimum absolute atomic E-state index is 0.0241. The van der Waals surface area contributed by atoms with E-state index in [9.17, 15) is 62.4 Å². The second-order valence-corrected chi connectivity index (χ2v) is 23.7. The predicted octanol–water partition coefficient (Wildman–Crippen LogP) is 6.95. The summed E-state index contributed by atoms with van der Waals surface area (Å²) in [6.45, 7) is 7.21. The van der Waals surface area contributed by atoms with Gasteiger partial charge in [-0.2, -0.15) is 8.61 Å². The first-order chi connectivity index (χ1) is 38.3. The number of nitrogens with zero attached hydrogens (tertiary/aromatic N) is 6. The number of amides is 4. The van der Waals surface area contributed by atoms with Crippen molar-refractivity contribution in [2.45, 2.75) is 77.2 Å². The number of aliphatic imine (C=N–C) groups is 2. The Bertz CT molecular complexity index is 3250. The van der Waals surface area contributed by atoms with Gasteiger partial charge in [-0.15, -0.1) is 37.9 Å². The fourth-order valence-corrected chi connectivity index (χ4v) is 12.2. The third kappa shape index (κ3) is 14.5. The number of rotatable bonds is 14. The molecule has 4 aromatic rings. The molecule has 28 heteroatoms. The van der Waals surface area contributed by atoms with Crippen LogP contribution in [0, 0.1) is 27.7 Å². The zero-order chi connectivity index (χ0) is 60.3. The highest BCUT2D eigenvalue weighted by molar-refractivity contribution is 7.92. The zero-order valence-electron chi connectivity index (χ0n) is 45.1. The maximum absolute atomic E-state index is 13.1. The van der Waals surface area contributed by atoms with Crippen molar-refractivity contribution < 1.29 is 71.8 Å². The van der Waals surface area contributed by atoms with E-state index in [-0.39, 0.29) is 98.9 Å². The van der Waals surface area contributed by atoms with E-state index in [1.165, 1.54) is 54.8 Å². The Labute approximate surface area is 474 Å². The maximum atomic E-state index is 13.1. The third-order valence-electron chi connectivity index (χ3n) is 14.2. The molecule has 4 N–H and O–H groups in total. The largest absolute Gasteiger partial charge is 0.573 e. The van der Waals surface area contributed by atoms with E-state index in [0.717, 1.165) is 57.3 Å². The molecule has 440 valence electrons. The average molecular weight is 1210 g/mol. The first kappa shape index (κ1) is 62.4. The first-order valence-corrected chi connectivity index (χ1v) is 28.8. The van der Waals surface area contributed by atoms with E-state index in [1.807, 2.05) is 27.7 Å². The molecule has 8 rings (SSSR count). The summed E-state index contributed by atoms with van der Waals surface area (Å²) < 4.78 is 139. The summed E-state index contributed by atoms with van der Waals surface area (Å²) in [5.41, 5.74) is 9.25. The normalized spacial score (nSPS) is 17.5. The molecular weight excluding hydrogens is 1150 g/mol. The Kier molecular flexibility index (Phi) is 18.5. The van der Waals surface area contributed by atoms with Gasteiger partial charge in [0, 0.05) is 73.6 Å². The Morgan fingerprint density at radius 3 is 1.29 bits per heavy atom. The predicted molar refractivity (Wildman–Crippen MR) is 297 cm³/mol. The molecule has 2 saturated heterocycles. The van der Waals surface area contributed by atoms with Gasteiger partial charge in [0.2, 0.25) is 31.9 Å².